The van der Waals surface area contributed by atoms with Gasteiger partial charge in [-0.1, -0.05) is 0 Å². The molecule has 2 rings (SSSR count). The number of carbonyl (C=O) groups is 1. The molecule has 1 fully saturated rings. The van der Waals surface area contributed by atoms with Crippen molar-refractivity contribution in [2.45, 2.75) is 43.4 Å². The van der Waals surface area contributed by atoms with Crippen LogP contribution in [0.15, 0.2) is 29.2 Å². The van der Waals surface area contributed by atoms with Crippen LogP contribution in [0.2, 0.25) is 0 Å². The number of hydrogen-bond donors (Lipinski definition) is 0. The number of halogens is 3. The predicted molar refractivity (Wildman–Crippen MR) is 77.5 cm³/mol. The summed E-state index contributed by atoms with van der Waals surface area (Å²) in [5, 5.41) is 0. The Labute approximate surface area is 137 Å². The lowest BCUT2D eigenvalue weighted by atomic mass is 10.1. The van der Waals surface area contributed by atoms with E-state index < -0.39 is 39.8 Å². The number of rotatable bonds is 5. The second kappa shape index (κ2) is 7.10. The molecule has 0 unspecified atom stereocenters. The molecule has 1 aliphatic carbocycles. The molecule has 1 aromatic carbocycles. The molecular weight excluding hydrogens is 349 g/mol. The molecule has 0 amide bonds. The molecule has 1 aliphatic rings. The third-order valence-electron chi connectivity index (χ3n) is 3.74. The Balaban J connectivity index is 2.03. The Bertz CT molecular complexity index is 682. The van der Waals surface area contributed by atoms with Gasteiger partial charge in [-0.3, -0.25) is 8.98 Å². The molecule has 2 atom stereocenters. The Morgan fingerprint density at radius 3 is 2.38 bits per heavy atom. The van der Waals surface area contributed by atoms with E-state index in [9.17, 15) is 26.4 Å². The summed E-state index contributed by atoms with van der Waals surface area (Å²) in [5.74, 6) is -0.812. The highest BCUT2D eigenvalue weighted by atomic mass is 32.2. The third-order valence-corrected chi connectivity index (χ3v) is 5.11. The zero-order chi connectivity index (χ0) is 18.0. The maximum atomic E-state index is 12.5. The fourth-order valence-corrected chi connectivity index (χ4v) is 3.66. The summed E-state index contributed by atoms with van der Waals surface area (Å²) in [6.45, 7) is 1.92. The van der Waals surface area contributed by atoms with Gasteiger partial charge in [-0.25, -0.2) is 0 Å². The first-order valence-electron chi connectivity index (χ1n) is 7.40. The Hall–Kier alpha value is -1.61. The summed E-state index contributed by atoms with van der Waals surface area (Å²) >= 11 is 0. The standard InChI is InChI=1S/C15H17F3O5S/c1-2-22-14(19)10-3-6-12(9-10)23-24(20,21)13-7-4-11(5-8-13)15(16,17)18/h4-5,7-8,10,12H,2-3,6,9H2,1H3/t10-,12+/m1/s1. The first-order valence-corrected chi connectivity index (χ1v) is 8.81. The molecule has 134 valence electrons. The van der Waals surface area contributed by atoms with Gasteiger partial charge in [0.2, 0.25) is 0 Å². The summed E-state index contributed by atoms with van der Waals surface area (Å²) in [6.07, 6.45) is -4.21. The molecule has 0 bridgehead atoms. The predicted octanol–water partition coefficient (Wildman–Crippen LogP) is 3.14. The first-order chi connectivity index (χ1) is 11.1. The topological polar surface area (TPSA) is 69.7 Å². The minimum atomic E-state index is -4.54. The highest BCUT2D eigenvalue weighted by Crippen LogP contribution is 2.33. The minimum Gasteiger partial charge on any atom is -0.466 e. The van der Waals surface area contributed by atoms with E-state index in [2.05, 4.69) is 0 Å². The quantitative estimate of drug-likeness (QED) is 0.591. The lowest BCUT2D eigenvalue weighted by Gasteiger charge is -2.13. The van der Waals surface area contributed by atoms with Gasteiger partial charge < -0.3 is 4.74 Å². The minimum absolute atomic E-state index is 0.207. The van der Waals surface area contributed by atoms with Crippen molar-refractivity contribution in [1.29, 1.82) is 0 Å². The second-order valence-electron chi connectivity index (χ2n) is 5.46. The number of esters is 1. The summed E-state index contributed by atoms with van der Waals surface area (Å²) in [4.78, 5) is 11.3. The van der Waals surface area contributed by atoms with Crippen molar-refractivity contribution in [1.82, 2.24) is 0 Å². The molecule has 1 saturated carbocycles. The van der Waals surface area contributed by atoms with E-state index in [0.29, 0.717) is 25.0 Å². The van der Waals surface area contributed by atoms with Gasteiger partial charge >= 0.3 is 12.1 Å². The Kier molecular flexibility index (Phi) is 5.54. The van der Waals surface area contributed by atoms with Gasteiger partial charge in [-0.2, -0.15) is 21.6 Å². The van der Waals surface area contributed by atoms with Crippen LogP contribution in [0.1, 0.15) is 31.7 Å². The third kappa shape index (κ3) is 4.47. The van der Waals surface area contributed by atoms with Crippen LogP contribution in [-0.4, -0.2) is 27.1 Å². The summed E-state index contributed by atoms with van der Waals surface area (Å²) < 4.78 is 71.7. The van der Waals surface area contributed by atoms with Crippen molar-refractivity contribution < 1.29 is 35.3 Å². The fourth-order valence-electron chi connectivity index (χ4n) is 2.55. The van der Waals surface area contributed by atoms with Crippen molar-refractivity contribution in [3.8, 4) is 0 Å². The van der Waals surface area contributed by atoms with E-state index in [1.54, 1.807) is 6.92 Å². The van der Waals surface area contributed by atoms with Gasteiger partial charge in [0, 0.05) is 0 Å². The van der Waals surface area contributed by atoms with E-state index >= 15 is 0 Å². The molecule has 0 N–H and O–H groups in total. The average molecular weight is 366 g/mol. The number of alkyl halides is 3. The fraction of sp³-hybridized carbons (Fsp3) is 0.533. The van der Waals surface area contributed by atoms with E-state index in [-0.39, 0.29) is 17.9 Å². The molecule has 1 aromatic rings. The maximum Gasteiger partial charge on any atom is 0.416 e. The molecule has 9 heteroatoms. The summed E-state index contributed by atoms with van der Waals surface area (Å²) in [5.41, 5.74) is -0.940. The van der Waals surface area contributed by atoms with Crippen molar-refractivity contribution >= 4 is 16.1 Å². The molecule has 5 nitrogen and oxygen atoms in total. The van der Waals surface area contributed by atoms with Crippen LogP contribution < -0.4 is 0 Å². The molecule has 0 spiro atoms. The van der Waals surface area contributed by atoms with E-state index in [0.717, 1.165) is 12.1 Å². The highest BCUT2D eigenvalue weighted by molar-refractivity contribution is 7.86. The van der Waals surface area contributed by atoms with E-state index in [1.807, 2.05) is 0 Å². The smallest absolute Gasteiger partial charge is 0.416 e. The number of hydrogen-bond acceptors (Lipinski definition) is 5. The van der Waals surface area contributed by atoms with Gasteiger partial charge in [0.15, 0.2) is 0 Å². The number of benzene rings is 1. The number of ether oxygens (including phenoxy) is 1. The zero-order valence-corrected chi connectivity index (χ0v) is 13.7. The van der Waals surface area contributed by atoms with Crippen molar-refractivity contribution in [2.24, 2.45) is 5.92 Å². The molecule has 0 heterocycles. The van der Waals surface area contributed by atoms with Crippen LogP contribution in [0, 0.1) is 5.92 Å². The van der Waals surface area contributed by atoms with Gasteiger partial charge in [-0.05, 0) is 50.5 Å². The molecule has 0 aromatic heterocycles. The Morgan fingerprint density at radius 2 is 1.83 bits per heavy atom. The maximum absolute atomic E-state index is 12.5. The molecule has 24 heavy (non-hydrogen) atoms. The van der Waals surface area contributed by atoms with Crippen molar-refractivity contribution in [3.05, 3.63) is 29.8 Å². The second-order valence-corrected chi connectivity index (χ2v) is 7.03. The van der Waals surface area contributed by atoms with Gasteiger partial charge in [0.25, 0.3) is 10.1 Å². The lowest BCUT2D eigenvalue weighted by molar-refractivity contribution is -0.148. The van der Waals surface area contributed by atoms with E-state index in [4.69, 9.17) is 8.92 Å². The molecule has 0 aliphatic heterocycles. The zero-order valence-electron chi connectivity index (χ0n) is 12.9. The van der Waals surface area contributed by atoms with Crippen molar-refractivity contribution in [2.75, 3.05) is 6.61 Å². The van der Waals surface area contributed by atoms with Crippen LogP contribution in [0.5, 0.6) is 0 Å². The number of carbonyl (C=O) groups excluding carboxylic acids is 1. The molecule has 0 saturated heterocycles. The summed E-state index contributed by atoms with van der Waals surface area (Å²) in [6, 6.07) is 3.09. The molecular formula is C15H17F3O5S. The van der Waals surface area contributed by atoms with Crippen LogP contribution in [0.25, 0.3) is 0 Å². The van der Waals surface area contributed by atoms with Gasteiger partial charge in [0.1, 0.15) is 0 Å². The highest BCUT2D eigenvalue weighted by Gasteiger charge is 2.35. The SMILES string of the molecule is CCOC(=O)[C@@H]1CC[C@H](OS(=O)(=O)c2ccc(C(F)(F)F)cc2)C1. The van der Waals surface area contributed by atoms with Crippen molar-refractivity contribution in [3.63, 3.8) is 0 Å². The normalized spacial score (nSPS) is 21.7. The molecule has 0 radical (unpaired) electrons. The average Bonchev–Trinajstić information content (AvgIpc) is 2.94. The van der Waals surface area contributed by atoms with Crippen LogP contribution in [-0.2, 0) is 30.0 Å². The van der Waals surface area contributed by atoms with Gasteiger partial charge in [-0.15, -0.1) is 0 Å². The largest absolute Gasteiger partial charge is 0.466 e. The lowest BCUT2D eigenvalue weighted by Crippen LogP contribution is -2.19. The van der Waals surface area contributed by atoms with Crippen LogP contribution >= 0.6 is 0 Å². The van der Waals surface area contributed by atoms with Crippen LogP contribution in [0.3, 0.4) is 0 Å². The van der Waals surface area contributed by atoms with E-state index in [1.165, 1.54) is 0 Å². The van der Waals surface area contributed by atoms with Gasteiger partial charge in [0.05, 0.1) is 29.1 Å². The first kappa shape index (κ1) is 18.7. The monoisotopic (exact) mass is 366 g/mol. The summed E-state index contributed by atoms with van der Waals surface area (Å²) in [7, 11) is -4.19. The Morgan fingerprint density at radius 1 is 1.21 bits per heavy atom. The van der Waals surface area contributed by atoms with Crippen LogP contribution in [0.4, 0.5) is 13.2 Å².